The van der Waals surface area contributed by atoms with E-state index in [2.05, 4.69) is 21.0 Å². The first-order valence-corrected chi connectivity index (χ1v) is 7.94. The SMILES string of the molecule is Cc1ccc(NC(=O)C(C)NCCc2csc(C)n2)cc1. The van der Waals surface area contributed by atoms with Crippen LogP contribution in [0.25, 0.3) is 0 Å². The largest absolute Gasteiger partial charge is 0.325 e. The first-order valence-electron chi connectivity index (χ1n) is 7.06. The van der Waals surface area contributed by atoms with Crippen LogP contribution in [0.2, 0.25) is 0 Å². The summed E-state index contributed by atoms with van der Waals surface area (Å²) in [5.41, 5.74) is 3.09. The van der Waals surface area contributed by atoms with Crippen LogP contribution >= 0.6 is 11.3 Å². The molecule has 1 unspecified atom stereocenters. The molecule has 112 valence electrons. The van der Waals surface area contributed by atoms with Gasteiger partial charge in [-0.3, -0.25) is 4.79 Å². The van der Waals surface area contributed by atoms with Crippen LogP contribution in [0, 0.1) is 13.8 Å². The summed E-state index contributed by atoms with van der Waals surface area (Å²) < 4.78 is 0. The number of rotatable bonds is 6. The molecule has 1 aromatic carbocycles. The number of aryl methyl sites for hydroxylation is 2. The lowest BCUT2D eigenvalue weighted by molar-refractivity contribution is -0.117. The predicted molar refractivity (Wildman–Crippen MR) is 87.8 cm³/mol. The second-order valence-electron chi connectivity index (χ2n) is 5.14. The van der Waals surface area contributed by atoms with Crippen molar-refractivity contribution in [3.8, 4) is 0 Å². The smallest absolute Gasteiger partial charge is 0.241 e. The van der Waals surface area contributed by atoms with Crippen molar-refractivity contribution in [3.05, 3.63) is 45.9 Å². The van der Waals surface area contributed by atoms with Gasteiger partial charge in [-0.2, -0.15) is 0 Å². The lowest BCUT2D eigenvalue weighted by Crippen LogP contribution is -2.39. The van der Waals surface area contributed by atoms with Crippen LogP contribution in [-0.2, 0) is 11.2 Å². The van der Waals surface area contributed by atoms with Crippen molar-refractivity contribution in [1.29, 1.82) is 0 Å². The van der Waals surface area contributed by atoms with Gasteiger partial charge in [0, 0.05) is 24.0 Å². The number of thiazole rings is 1. The third kappa shape index (κ3) is 4.95. The first-order chi connectivity index (χ1) is 10.0. The van der Waals surface area contributed by atoms with E-state index >= 15 is 0 Å². The Labute approximate surface area is 129 Å². The third-order valence-corrected chi connectivity index (χ3v) is 4.03. The standard InChI is InChI=1S/C16H21N3OS/c1-11-4-6-14(7-5-11)19-16(20)12(2)17-9-8-15-10-21-13(3)18-15/h4-7,10,12,17H,8-9H2,1-3H3,(H,19,20). The number of amides is 1. The zero-order valence-corrected chi connectivity index (χ0v) is 13.5. The monoisotopic (exact) mass is 303 g/mol. The average Bonchev–Trinajstić information content (AvgIpc) is 2.87. The van der Waals surface area contributed by atoms with E-state index in [1.165, 1.54) is 5.56 Å². The van der Waals surface area contributed by atoms with Crippen LogP contribution in [0.5, 0.6) is 0 Å². The molecule has 1 aromatic heterocycles. The van der Waals surface area contributed by atoms with E-state index in [9.17, 15) is 4.79 Å². The second-order valence-corrected chi connectivity index (χ2v) is 6.20. The molecule has 0 aliphatic heterocycles. The van der Waals surface area contributed by atoms with Gasteiger partial charge in [0.1, 0.15) is 0 Å². The number of anilines is 1. The van der Waals surface area contributed by atoms with E-state index < -0.39 is 0 Å². The molecular weight excluding hydrogens is 282 g/mol. The molecule has 21 heavy (non-hydrogen) atoms. The summed E-state index contributed by atoms with van der Waals surface area (Å²) in [6.45, 7) is 6.64. The molecule has 5 heteroatoms. The Morgan fingerprint density at radius 1 is 1.29 bits per heavy atom. The lowest BCUT2D eigenvalue weighted by atomic mass is 10.2. The molecule has 2 rings (SSSR count). The van der Waals surface area contributed by atoms with Gasteiger partial charge in [-0.25, -0.2) is 4.98 Å². The maximum atomic E-state index is 12.1. The highest BCUT2D eigenvalue weighted by Crippen LogP contribution is 2.09. The molecule has 1 amide bonds. The maximum Gasteiger partial charge on any atom is 0.241 e. The van der Waals surface area contributed by atoms with Crippen LogP contribution in [0.1, 0.15) is 23.2 Å². The number of hydrogen-bond donors (Lipinski definition) is 2. The van der Waals surface area contributed by atoms with Crippen molar-refractivity contribution < 1.29 is 4.79 Å². The minimum atomic E-state index is -0.231. The lowest BCUT2D eigenvalue weighted by Gasteiger charge is -2.13. The Bertz CT molecular complexity index is 592. The van der Waals surface area contributed by atoms with Gasteiger partial charge in [-0.15, -0.1) is 11.3 Å². The summed E-state index contributed by atoms with van der Waals surface area (Å²) in [5.74, 6) is -0.0201. The van der Waals surface area contributed by atoms with E-state index in [0.717, 1.165) is 29.4 Å². The van der Waals surface area contributed by atoms with Gasteiger partial charge < -0.3 is 10.6 Å². The molecule has 2 aromatic rings. The molecular formula is C16H21N3OS. The molecule has 0 saturated carbocycles. The van der Waals surface area contributed by atoms with Gasteiger partial charge in [-0.05, 0) is 32.9 Å². The van der Waals surface area contributed by atoms with Gasteiger partial charge in [0.25, 0.3) is 0 Å². The van der Waals surface area contributed by atoms with Gasteiger partial charge in [0.15, 0.2) is 0 Å². The van der Waals surface area contributed by atoms with Crippen LogP contribution in [0.15, 0.2) is 29.6 Å². The fourth-order valence-corrected chi connectivity index (χ4v) is 2.57. The number of nitrogens with zero attached hydrogens (tertiary/aromatic N) is 1. The van der Waals surface area contributed by atoms with Crippen LogP contribution in [0.3, 0.4) is 0 Å². The highest BCUT2D eigenvalue weighted by molar-refractivity contribution is 7.09. The number of carbonyl (C=O) groups is 1. The van der Waals surface area contributed by atoms with Crippen molar-refractivity contribution in [1.82, 2.24) is 10.3 Å². The molecule has 0 saturated heterocycles. The molecule has 0 spiro atoms. The molecule has 4 nitrogen and oxygen atoms in total. The van der Waals surface area contributed by atoms with Crippen molar-refractivity contribution in [2.75, 3.05) is 11.9 Å². The molecule has 0 radical (unpaired) electrons. The molecule has 2 N–H and O–H groups in total. The highest BCUT2D eigenvalue weighted by Gasteiger charge is 2.12. The summed E-state index contributed by atoms with van der Waals surface area (Å²) in [6.07, 6.45) is 0.840. The van der Waals surface area contributed by atoms with E-state index in [4.69, 9.17) is 0 Å². The first kappa shape index (κ1) is 15.7. The zero-order chi connectivity index (χ0) is 15.2. The van der Waals surface area contributed by atoms with E-state index in [1.54, 1.807) is 11.3 Å². The van der Waals surface area contributed by atoms with E-state index in [-0.39, 0.29) is 11.9 Å². The fourth-order valence-electron chi connectivity index (χ4n) is 1.92. The van der Waals surface area contributed by atoms with Gasteiger partial charge >= 0.3 is 0 Å². The van der Waals surface area contributed by atoms with Crippen LogP contribution < -0.4 is 10.6 Å². The summed E-state index contributed by atoms with van der Waals surface area (Å²) in [7, 11) is 0. The number of benzene rings is 1. The Morgan fingerprint density at radius 3 is 2.62 bits per heavy atom. The van der Waals surface area contributed by atoms with E-state index in [0.29, 0.717) is 0 Å². The molecule has 1 atom stereocenters. The third-order valence-electron chi connectivity index (χ3n) is 3.21. The number of carbonyl (C=O) groups excluding carboxylic acids is 1. The van der Waals surface area contributed by atoms with Gasteiger partial charge in [0.05, 0.1) is 16.7 Å². The van der Waals surface area contributed by atoms with Crippen LogP contribution in [0.4, 0.5) is 5.69 Å². The summed E-state index contributed by atoms with van der Waals surface area (Å²) in [6, 6.07) is 7.57. The Balaban J connectivity index is 1.75. The van der Waals surface area contributed by atoms with E-state index in [1.807, 2.05) is 45.0 Å². The molecule has 1 heterocycles. The van der Waals surface area contributed by atoms with Crippen molar-refractivity contribution in [2.24, 2.45) is 0 Å². The minimum Gasteiger partial charge on any atom is -0.325 e. The van der Waals surface area contributed by atoms with Crippen molar-refractivity contribution in [2.45, 2.75) is 33.2 Å². The molecule has 0 aliphatic rings. The van der Waals surface area contributed by atoms with Crippen LogP contribution in [-0.4, -0.2) is 23.5 Å². The number of nitrogens with one attached hydrogen (secondary N) is 2. The maximum absolute atomic E-state index is 12.1. The Hall–Kier alpha value is -1.72. The average molecular weight is 303 g/mol. The van der Waals surface area contributed by atoms with Crippen molar-refractivity contribution >= 4 is 22.9 Å². The summed E-state index contributed by atoms with van der Waals surface area (Å²) in [5, 5.41) is 9.27. The normalized spacial score (nSPS) is 12.1. The molecule has 0 bridgehead atoms. The highest BCUT2D eigenvalue weighted by atomic mass is 32.1. The minimum absolute atomic E-state index is 0.0201. The topological polar surface area (TPSA) is 54.0 Å². The molecule has 0 aliphatic carbocycles. The Morgan fingerprint density at radius 2 is 2.00 bits per heavy atom. The molecule has 0 fully saturated rings. The van der Waals surface area contributed by atoms with Gasteiger partial charge in [-0.1, -0.05) is 17.7 Å². The number of hydrogen-bond acceptors (Lipinski definition) is 4. The quantitative estimate of drug-likeness (QED) is 0.862. The van der Waals surface area contributed by atoms with Crippen molar-refractivity contribution in [3.63, 3.8) is 0 Å². The fraction of sp³-hybridized carbons (Fsp3) is 0.375. The summed E-state index contributed by atoms with van der Waals surface area (Å²) >= 11 is 1.65. The number of aromatic nitrogens is 1. The van der Waals surface area contributed by atoms with Gasteiger partial charge in [0.2, 0.25) is 5.91 Å². The summed E-state index contributed by atoms with van der Waals surface area (Å²) in [4.78, 5) is 16.5. The zero-order valence-electron chi connectivity index (χ0n) is 12.6. The second kappa shape index (κ2) is 7.33. The Kier molecular flexibility index (Phi) is 5.47. The predicted octanol–water partition coefficient (Wildman–Crippen LogP) is 2.92.